The first-order valence-corrected chi connectivity index (χ1v) is 12.0. The standard InChI is InChI=1S/C25H30F2N8O2/c1-16(36)24-21(28-12-18-5-4-6-20(26)23(18)27)11-22(31-32-24)30-19-13-29-35(15-19)14-17-7-9-34(10-8-17)25(37)33(2)3/h4-6,11,13,15,17H,7-10,12,14H2,1-3H3,(H2,28,30,31). The van der Waals surface area contributed by atoms with Crippen LogP contribution in [0.2, 0.25) is 0 Å². The number of aromatic nitrogens is 4. The van der Waals surface area contributed by atoms with Gasteiger partial charge in [-0.15, -0.1) is 10.2 Å². The zero-order valence-corrected chi connectivity index (χ0v) is 21.0. The van der Waals surface area contributed by atoms with Crippen molar-refractivity contribution in [2.24, 2.45) is 5.92 Å². The maximum atomic E-state index is 14.0. The molecular weight excluding hydrogens is 482 g/mol. The summed E-state index contributed by atoms with van der Waals surface area (Å²) in [5, 5.41) is 18.6. The molecule has 12 heteroatoms. The van der Waals surface area contributed by atoms with Gasteiger partial charge in [-0.05, 0) is 24.8 Å². The van der Waals surface area contributed by atoms with Crippen LogP contribution in [0.15, 0.2) is 36.7 Å². The van der Waals surface area contributed by atoms with Crippen molar-refractivity contribution in [3.63, 3.8) is 0 Å². The molecule has 4 rings (SSSR count). The van der Waals surface area contributed by atoms with E-state index in [1.165, 1.54) is 19.1 Å². The molecule has 1 aromatic carbocycles. The number of anilines is 3. The fourth-order valence-corrected chi connectivity index (χ4v) is 4.25. The van der Waals surface area contributed by atoms with Crippen molar-refractivity contribution in [3.05, 3.63) is 59.6 Å². The molecule has 196 valence electrons. The average Bonchev–Trinajstić information content (AvgIpc) is 3.31. The number of halogens is 2. The summed E-state index contributed by atoms with van der Waals surface area (Å²) in [6, 6.07) is 5.56. The van der Waals surface area contributed by atoms with Crippen LogP contribution in [0, 0.1) is 17.6 Å². The molecule has 3 heterocycles. The van der Waals surface area contributed by atoms with Crippen LogP contribution in [0.25, 0.3) is 0 Å². The number of piperidine rings is 1. The van der Waals surface area contributed by atoms with Gasteiger partial charge in [-0.1, -0.05) is 12.1 Å². The third kappa shape index (κ3) is 6.38. The summed E-state index contributed by atoms with van der Waals surface area (Å²) in [6.07, 6.45) is 5.33. The maximum absolute atomic E-state index is 14.0. The van der Waals surface area contributed by atoms with Gasteiger partial charge >= 0.3 is 6.03 Å². The molecule has 2 amide bonds. The lowest BCUT2D eigenvalue weighted by atomic mass is 9.97. The smallest absolute Gasteiger partial charge is 0.319 e. The van der Waals surface area contributed by atoms with Gasteiger partial charge in [0.2, 0.25) is 0 Å². The molecule has 1 aliphatic heterocycles. The SMILES string of the molecule is CC(=O)c1nnc(Nc2cnn(CC3CCN(C(=O)N(C)C)CC3)c2)cc1NCc1cccc(F)c1F. The van der Waals surface area contributed by atoms with E-state index in [9.17, 15) is 18.4 Å². The number of nitrogens with one attached hydrogen (secondary N) is 2. The Morgan fingerprint density at radius 1 is 1.16 bits per heavy atom. The summed E-state index contributed by atoms with van der Waals surface area (Å²) in [5.74, 6) is -1.42. The van der Waals surface area contributed by atoms with Crippen LogP contribution in [0.1, 0.15) is 35.8 Å². The van der Waals surface area contributed by atoms with Gasteiger partial charge < -0.3 is 20.4 Å². The largest absolute Gasteiger partial charge is 0.379 e. The molecule has 0 spiro atoms. The summed E-state index contributed by atoms with van der Waals surface area (Å²) in [6.45, 7) is 3.50. The highest BCUT2D eigenvalue weighted by Gasteiger charge is 2.24. The predicted molar refractivity (Wildman–Crippen MR) is 135 cm³/mol. The number of hydrogen-bond donors (Lipinski definition) is 2. The third-order valence-electron chi connectivity index (χ3n) is 6.25. The molecule has 1 aliphatic rings. The minimum atomic E-state index is -0.942. The van der Waals surface area contributed by atoms with E-state index in [1.54, 1.807) is 31.3 Å². The van der Waals surface area contributed by atoms with Gasteiger partial charge in [0.25, 0.3) is 0 Å². The average molecular weight is 513 g/mol. The lowest BCUT2D eigenvalue weighted by molar-refractivity contribution is 0.101. The summed E-state index contributed by atoms with van der Waals surface area (Å²) in [5.41, 5.74) is 1.25. The second kappa shape index (κ2) is 11.3. The molecule has 0 unspecified atom stereocenters. The number of amides is 2. The van der Waals surface area contributed by atoms with Crippen molar-refractivity contribution in [2.45, 2.75) is 32.9 Å². The van der Waals surface area contributed by atoms with Gasteiger partial charge in [0.15, 0.2) is 28.9 Å². The molecule has 2 N–H and O–H groups in total. The summed E-state index contributed by atoms with van der Waals surface area (Å²) >= 11 is 0. The number of carbonyl (C=O) groups excluding carboxylic acids is 2. The van der Waals surface area contributed by atoms with Crippen molar-refractivity contribution in [3.8, 4) is 0 Å². The molecule has 0 atom stereocenters. The van der Waals surface area contributed by atoms with Gasteiger partial charge in [0.1, 0.15) is 0 Å². The first-order valence-electron chi connectivity index (χ1n) is 12.0. The van der Waals surface area contributed by atoms with E-state index in [0.717, 1.165) is 38.5 Å². The van der Waals surface area contributed by atoms with Crippen molar-refractivity contribution in [1.29, 1.82) is 0 Å². The lowest BCUT2D eigenvalue weighted by Gasteiger charge is -2.33. The van der Waals surface area contributed by atoms with Crippen molar-refractivity contribution in [1.82, 2.24) is 29.8 Å². The van der Waals surface area contributed by atoms with E-state index in [2.05, 4.69) is 25.9 Å². The summed E-state index contributed by atoms with van der Waals surface area (Å²) < 4.78 is 29.4. The molecule has 0 saturated carbocycles. The molecule has 1 fully saturated rings. The molecule has 10 nitrogen and oxygen atoms in total. The Hall–Kier alpha value is -4.09. The van der Waals surface area contributed by atoms with Crippen LogP contribution in [-0.2, 0) is 13.1 Å². The molecule has 2 aromatic heterocycles. The van der Waals surface area contributed by atoms with Crippen LogP contribution in [0.3, 0.4) is 0 Å². The Labute approximate surface area is 213 Å². The van der Waals surface area contributed by atoms with Gasteiger partial charge in [-0.2, -0.15) is 5.10 Å². The highest BCUT2D eigenvalue weighted by atomic mass is 19.2. The van der Waals surface area contributed by atoms with E-state index in [4.69, 9.17) is 0 Å². The normalized spacial score (nSPS) is 13.9. The number of Topliss-reactive ketones (excluding diaryl/α,β-unsaturated/α-hetero) is 1. The number of ketones is 1. The van der Waals surface area contributed by atoms with E-state index in [-0.39, 0.29) is 29.6 Å². The molecule has 0 bridgehead atoms. The third-order valence-corrected chi connectivity index (χ3v) is 6.25. The van der Waals surface area contributed by atoms with E-state index >= 15 is 0 Å². The second-order valence-corrected chi connectivity index (χ2v) is 9.30. The van der Waals surface area contributed by atoms with Gasteiger partial charge in [-0.3, -0.25) is 9.48 Å². The molecule has 37 heavy (non-hydrogen) atoms. The Morgan fingerprint density at radius 3 is 2.62 bits per heavy atom. The number of carbonyl (C=O) groups is 2. The highest BCUT2D eigenvalue weighted by Crippen LogP contribution is 2.23. The topological polar surface area (TPSA) is 108 Å². The van der Waals surface area contributed by atoms with Crippen molar-refractivity contribution in [2.75, 3.05) is 37.8 Å². The monoisotopic (exact) mass is 512 g/mol. The quantitative estimate of drug-likeness (QED) is 0.441. The number of hydrogen-bond acceptors (Lipinski definition) is 7. The van der Waals surface area contributed by atoms with Gasteiger partial charge in [-0.25, -0.2) is 13.6 Å². The highest BCUT2D eigenvalue weighted by molar-refractivity contribution is 5.97. The predicted octanol–water partition coefficient (Wildman–Crippen LogP) is 3.90. The van der Waals surface area contributed by atoms with E-state index in [1.807, 2.05) is 15.8 Å². The Bertz CT molecular complexity index is 1270. The van der Waals surface area contributed by atoms with Crippen molar-refractivity contribution >= 4 is 29.0 Å². The Balaban J connectivity index is 1.38. The molecule has 0 radical (unpaired) electrons. The molecular formula is C25H30F2N8O2. The molecule has 1 saturated heterocycles. The lowest BCUT2D eigenvalue weighted by Crippen LogP contribution is -2.44. The zero-order valence-electron chi connectivity index (χ0n) is 21.0. The summed E-state index contributed by atoms with van der Waals surface area (Å²) in [7, 11) is 3.52. The number of benzene rings is 1. The molecule has 3 aromatic rings. The summed E-state index contributed by atoms with van der Waals surface area (Å²) in [4.78, 5) is 27.6. The van der Waals surface area contributed by atoms with Crippen LogP contribution in [0.5, 0.6) is 0 Å². The fraction of sp³-hybridized carbons (Fsp3) is 0.400. The first kappa shape index (κ1) is 26.0. The Morgan fingerprint density at radius 2 is 1.92 bits per heavy atom. The maximum Gasteiger partial charge on any atom is 0.319 e. The first-order chi connectivity index (χ1) is 17.7. The van der Waals surface area contributed by atoms with Crippen molar-refractivity contribution < 1.29 is 18.4 Å². The van der Waals surface area contributed by atoms with Gasteiger partial charge in [0.05, 0.1) is 17.6 Å². The van der Waals surface area contributed by atoms with E-state index in [0.29, 0.717) is 23.1 Å². The number of urea groups is 1. The van der Waals surface area contributed by atoms with Crippen LogP contribution in [-0.4, -0.2) is 68.8 Å². The fourth-order valence-electron chi connectivity index (χ4n) is 4.25. The van der Waals surface area contributed by atoms with Crippen LogP contribution >= 0.6 is 0 Å². The van der Waals surface area contributed by atoms with Crippen LogP contribution in [0.4, 0.5) is 30.8 Å². The molecule has 0 aliphatic carbocycles. The minimum absolute atomic E-state index is 0.0358. The second-order valence-electron chi connectivity index (χ2n) is 9.30. The minimum Gasteiger partial charge on any atom is -0.379 e. The number of nitrogens with zero attached hydrogens (tertiary/aromatic N) is 6. The number of likely N-dealkylation sites (tertiary alicyclic amines) is 1. The Kier molecular flexibility index (Phi) is 7.95. The zero-order chi connectivity index (χ0) is 26.5. The van der Waals surface area contributed by atoms with Gasteiger partial charge in [0, 0.05) is 65.0 Å². The number of rotatable bonds is 8. The van der Waals surface area contributed by atoms with Crippen LogP contribution < -0.4 is 10.6 Å². The van der Waals surface area contributed by atoms with E-state index < -0.39 is 11.6 Å².